The fraction of sp³-hybridized carbons (Fsp3) is 0.0556. The second-order valence-corrected chi connectivity index (χ2v) is 5.22. The Morgan fingerprint density at radius 3 is 2.26 bits per heavy atom. The highest BCUT2D eigenvalue weighted by atomic mass is 16.1. The lowest BCUT2D eigenvalue weighted by Gasteiger charge is -2.07. The van der Waals surface area contributed by atoms with Crippen LogP contribution < -0.4 is 5.73 Å². The lowest BCUT2D eigenvalue weighted by atomic mass is 10.1. The van der Waals surface area contributed by atoms with Crippen molar-refractivity contribution in [1.29, 1.82) is 0 Å². The number of aryl methyl sites for hydroxylation is 1. The van der Waals surface area contributed by atoms with Gasteiger partial charge in [0.15, 0.2) is 5.69 Å². The van der Waals surface area contributed by atoms with Crippen molar-refractivity contribution in [2.75, 3.05) is 0 Å². The molecule has 0 aliphatic heterocycles. The molecule has 2 N–H and O–H groups in total. The van der Waals surface area contributed by atoms with Gasteiger partial charge < -0.3 is 5.73 Å². The van der Waals surface area contributed by atoms with E-state index in [9.17, 15) is 9.59 Å². The van der Waals surface area contributed by atoms with Crippen LogP contribution in [0.25, 0.3) is 5.69 Å². The number of amides is 1. The highest BCUT2D eigenvalue weighted by Crippen LogP contribution is 2.17. The number of aromatic nitrogens is 2. The maximum atomic E-state index is 12.7. The van der Waals surface area contributed by atoms with Crippen molar-refractivity contribution < 1.29 is 9.59 Å². The minimum atomic E-state index is -0.669. The van der Waals surface area contributed by atoms with Crippen molar-refractivity contribution in [3.8, 4) is 5.69 Å². The van der Waals surface area contributed by atoms with Crippen LogP contribution in [-0.2, 0) is 0 Å². The molecule has 0 aliphatic rings. The predicted octanol–water partition coefficient (Wildman–Crippen LogP) is 2.51. The summed E-state index contributed by atoms with van der Waals surface area (Å²) in [7, 11) is 0. The molecule has 1 aromatic heterocycles. The van der Waals surface area contributed by atoms with Crippen LogP contribution in [-0.4, -0.2) is 21.5 Å². The smallest absolute Gasteiger partial charge is 0.269 e. The van der Waals surface area contributed by atoms with E-state index in [0.29, 0.717) is 16.9 Å². The molecule has 3 aromatic rings. The fourth-order valence-electron chi connectivity index (χ4n) is 2.28. The Morgan fingerprint density at radius 1 is 1.00 bits per heavy atom. The molecule has 3 rings (SSSR count). The summed E-state index contributed by atoms with van der Waals surface area (Å²) in [6.45, 7) is 1.97. The summed E-state index contributed by atoms with van der Waals surface area (Å²) in [4.78, 5) is 24.2. The summed E-state index contributed by atoms with van der Waals surface area (Å²) < 4.78 is 1.45. The Balaban J connectivity index is 2.13. The molecule has 1 heterocycles. The molecule has 0 unspecified atom stereocenters. The zero-order valence-corrected chi connectivity index (χ0v) is 12.6. The molecular formula is C18H15N3O2. The number of ketones is 1. The molecule has 0 radical (unpaired) electrons. The van der Waals surface area contributed by atoms with E-state index in [1.54, 1.807) is 24.3 Å². The van der Waals surface area contributed by atoms with Gasteiger partial charge in [0, 0.05) is 11.6 Å². The third-order valence-electron chi connectivity index (χ3n) is 3.51. The summed E-state index contributed by atoms with van der Waals surface area (Å²) in [5.41, 5.74) is 7.98. The first-order chi connectivity index (χ1) is 11.1. The summed E-state index contributed by atoms with van der Waals surface area (Å²) in [6.07, 6.45) is 0. The number of carbonyl (C=O) groups is 2. The molecule has 0 spiro atoms. The van der Waals surface area contributed by atoms with E-state index < -0.39 is 5.91 Å². The third kappa shape index (κ3) is 2.89. The van der Waals surface area contributed by atoms with Gasteiger partial charge in [-0.25, -0.2) is 4.68 Å². The molecule has 1 amide bonds. The van der Waals surface area contributed by atoms with E-state index in [-0.39, 0.29) is 11.5 Å². The van der Waals surface area contributed by atoms with Crippen LogP contribution >= 0.6 is 0 Å². The van der Waals surface area contributed by atoms with Crippen molar-refractivity contribution >= 4 is 11.7 Å². The van der Waals surface area contributed by atoms with Crippen LogP contribution in [0.4, 0.5) is 0 Å². The molecule has 2 aromatic carbocycles. The van der Waals surface area contributed by atoms with E-state index in [4.69, 9.17) is 5.73 Å². The molecule has 0 fully saturated rings. The number of nitrogens with two attached hydrogens (primary N) is 1. The summed E-state index contributed by atoms with van der Waals surface area (Å²) in [6, 6.07) is 17.8. The highest BCUT2D eigenvalue weighted by Gasteiger charge is 2.20. The van der Waals surface area contributed by atoms with E-state index >= 15 is 0 Å². The lowest BCUT2D eigenvalue weighted by Crippen LogP contribution is -2.12. The molecule has 114 valence electrons. The van der Waals surface area contributed by atoms with Gasteiger partial charge in [-0.3, -0.25) is 9.59 Å². The third-order valence-corrected chi connectivity index (χ3v) is 3.51. The number of nitrogens with zero attached hydrogens (tertiary/aromatic N) is 2. The average molecular weight is 305 g/mol. The predicted molar refractivity (Wildman–Crippen MR) is 86.7 cm³/mol. The van der Waals surface area contributed by atoms with Gasteiger partial charge in [0.2, 0.25) is 5.78 Å². The minimum Gasteiger partial charge on any atom is -0.364 e. The van der Waals surface area contributed by atoms with Crippen LogP contribution in [0.5, 0.6) is 0 Å². The molecular weight excluding hydrogens is 290 g/mol. The molecule has 0 saturated heterocycles. The van der Waals surface area contributed by atoms with E-state index in [1.807, 2.05) is 37.3 Å². The molecule has 0 aliphatic carbocycles. The fourth-order valence-corrected chi connectivity index (χ4v) is 2.28. The van der Waals surface area contributed by atoms with Gasteiger partial charge in [-0.15, -0.1) is 0 Å². The Bertz CT molecular complexity index is 865. The van der Waals surface area contributed by atoms with Crippen LogP contribution in [0.2, 0.25) is 0 Å². The topological polar surface area (TPSA) is 78.0 Å². The molecule has 0 atom stereocenters. The Hall–Kier alpha value is -3.21. The number of hydrogen-bond acceptors (Lipinski definition) is 3. The lowest BCUT2D eigenvalue weighted by molar-refractivity contribution is 0.0993. The van der Waals surface area contributed by atoms with E-state index in [1.165, 1.54) is 10.7 Å². The summed E-state index contributed by atoms with van der Waals surface area (Å²) in [5, 5.41) is 4.18. The average Bonchev–Trinajstić information content (AvgIpc) is 3.01. The van der Waals surface area contributed by atoms with Crippen LogP contribution in [0.1, 0.15) is 32.1 Å². The summed E-state index contributed by atoms with van der Waals surface area (Å²) in [5.74, 6) is -0.885. The van der Waals surface area contributed by atoms with Crippen LogP contribution in [0, 0.1) is 6.92 Å². The standard InChI is InChI=1S/C18H15N3O2/c1-12-7-9-14(10-8-12)21-16(11-15(20-21)18(19)23)17(22)13-5-3-2-4-6-13/h2-11H,1H3,(H2,19,23). The summed E-state index contributed by atoms with van der Waals surface area (Å²) >= 11 is 0. The van der Waals surface area contributed by atoms with Crippen molar-refractivity contribution in [3.63, 3.8) is 0 Å². The van der Waals surface area contributed by atoms with Gasteiger partial charge >= 0.3 is 0 Å². The van der Waals surface area contributed by atoms with Crippen LogP contribution in [0.3, 0.4) is 0 Å². The monoisotopic (exact) mass is 305 g/mol. The Kier molecular flexibility index (Phi) is 3.76. The van der Waals surface area contributed by atoms with Gasteiger partial charge in [-0.05, 0) is 19.1 Å². The number of carbonyl (C=O) groups excluding carboxylic acids is 2. The maximum Gasteiger partial charge on any atom is 0.269 e. The van der Waals surface area contributed by atoms with Gasteiger partial charge in [-0.2, -0.15) is 5.10 Å². The molecule has 0 saturated carbocycles. The first-order valence-corrected chi connectivity index (χ1v) is 7.13. The minimum absolute atomic E-state index is 0.0601. The highest BCUT2D eigenvalue weighted by molar-refractivity contribution is 6.09. The number of benzene rings is 2. The van der Waals surface area contributed by atoms with Crippen molar-refractivity contribution in [2.45, 2.75) is 6.92 Å². The van der Waals surface area contributed by atoms with Crippen molar-refractivity contribution in [1.82, 2.24) is 9.78 Å². The number of primary amides is 1. The Labute approximate surface area is 133 Å². The van der Waals surface area contributed by atoms with E-state index in [2.05, 4.69) is 5.10 Å². The first kappa shape index (κ1) is 14.7. The molecule has 5 nitrogen and oxygen atoms in total. The zero-order chi connectivity index (χ0) is 16.4. The van der Waals surface area contributed by atoms with Gasteiger partial charge in [0.25, 0.3) is 5.91 Å². The molecule has 5 heteroatoms. The maximum absolute atomic E-state index is 12.7. The zero-order valence-electron chi connectivity index (χ0n) is 12.6. The Morgan fingerprint density at radius 2 is 1.65 bits per heavy atom. The number of rotatable bonds is 4. The first-order valence-electron chi connectivity index (χ1n) is 7.13. The number of hydrogen-bond donors (Lipinski definition) is 1. The normalized spacial score (nSPS) is 10.5. The largest absolute Gasteiger partial charge is 0.364 e. The van der Waals surface area contributed by atoms with E-state index in [0.717, 1.165) is 5.56 Å². The van der Waals surface area contributed by atoms with Gasteiger partial charge in [0.05, 0.1) is 5.69 Å². The van der Waals surface area contributed by atoms with Crippen LogP contribution in [0.15, 0.2) is 60.7 Å². The van der Waals surface area contributed by atoms with Crippen molar-refractivity contribution in [2.24, 2.45) is 5.73 Å². The van der Waals surface area contributed by atoms with Crippen molar-refractivity contribution in [3.05, 3.63) is 83.2 Å². The second kappa shape index (κ2) is 5.88. The molecule has 0 bridgehead atoms. The van der Waals surface area contributed by atoms with Gasteiger partial charge in [-0.1, -0.05) is 48.0 Å². The van der Waals surface area contributed by atoms with Gasteiger partial charge in [0.1, 0.15) is 5.69 Å². The second-order valence-electron chi connectivity index (χ2n) is 5.22. The SMILES string of the molecule is Cc1ccc(-n2nc(C(N)=O)cc2C(=O)c2ccccc2)cc1. The quantitative estimate of drug-likeness (QED) is 0.752. The molecule has 23 heavy (non-hydrogen) atoms.